The first-order valence-corrected chi connectivity index (χ1v) is 5.49. The average molecular weight is 223 g/mol. The van der Waals surface area contributed by atoms with E-state index < -0.39 is 11.5 Å². The first kappa shape index (κ1) is 11.4. The fourth-order valence-electron chi connectivity index (χ4n) is 2.59. The van der Waals surface area contributed by atoms with Gasteiger partial charge in [-0.2, -0.15) is 0 Å². The number of carboxylic acids is 1. The molecule has 0 aromatic rings. The van der Waals surface area contributed by atoms with Gasteiger partial charge in [0.1, 0.15) is 5.54 Å². The van der Waals surface area contributed by atoms with E-state index in [9.17, 15) is 4.79 Å². The third-order valence-electron chi connectivity index (χ3n) is 3.60. The molecular formula is C12H17NO3. The maximum Gasteiger partial charge on any atom is 0.324 e. The van der Waals surface area contributed by atoms with E-state index >= 15 is 0 Å². The van der Waals surface area contributed by atoms with Crippen molar-refractivity contribution in [2.45, 2.75) is 30.9 Å². The predicted molar refractivity (Wildman–Crippen MR) is 59.9 cm³/mol. The van der Waals surface area contributed by atoms with Gasteiger partial charge in [-0.05, 0) is 19.3 Å². The summed E-state index contributed by atoms with van der Waals surface area (Å²) in [6.07, 6.45) is 7.70. The van der Waals surface area contributed by atoms with Crippen LogP contribution in [0.15, 0.2) is 23.8 Å². The number of fused-ring (bicyclic) bond motifs is 1. The van der Waals surface area contributed by atoms with Gasteiger partial charge >= 0.3 is 5.97 Å². The number of carboxylic acid groups (broad SMARTS) is 1. The molecule has 3 unspecified atom stereocenters. The van der Waals surface area contributed by atoms with Gasteiger partial charge in [0.2, 0.25) is 0 Å². The minimum atomic E-state index is -1.09. The summed E-state index contributed by atoms with van der Waals surface area (Å²) in [5.74, 6) is -0.610. The topological polar surface area (TPSA) is 72.5 Å². The van der Waals surface area contributed by atoms with Crippen LogP contribution < -0.4 is 5.73 Å². The van der Waals surface area contributed by atoms with Gasteiger partial charge in [0.15, 0.2) is 0 Å². The summed E-state index contributed by atoms with van der Waals surface area (Å²) in [6, 6.07) is 0. The molecule has 0 amide bonds. The van der Waals surface area contributed by atoms with Crippen LogP contribution >= 0.6 is 0 Å². The van der Waals surface area contributed by atoms with Crippen molar-refractivity contribution in [1.29, 1.82) is 0 Å². The zero-order valence-electron chi connectivity index (χ0n) is 9.35. The molecule has 0 saturated heterocycles. The normalized spacial score (nSPS) is 37.8. The van der Waals surface area contributed by atoms with E-state index in [1.165, 1.54) is 0 Å². The molecular weight excluding hydrogens is 206 g/mol. The molecule has 2 aliphatic carbocycles. The van der Waals surface area contributed by atoms with E-state index in [4.69, 9.17) is 15.6 Å². The van der Waals surface area contributed by atoms with E-state index in [1.807, 2.05) is 18.2 Å². The Kier molecular flexibility index (Phi) is 2.86. The second kappa shape index (κ2) is 4.03. The molecule has 3 N–H and O–H groups in total. The number of allylic oxidation sites excluding steroid dienone is 2. The molecule has 2 aliphatic rings. The van der Waals surface area contributed by atoms with Crippen LogP contribution in [0.25, 0.3) is 0 Å². The highest BCUT2D eigenvalue weighted by Crippen LogP contribution is 2.39. The van der Waals surface area contributed by atoms with E-state index in [1.54, 1.807) is 7.11 Å². The maximum atomic E-state index is 11.1. The minimum absolute atomic E-state index is 0.0679. The number of ether oxygens (including phenoxy) is 1. The summed E-state index contributed by atoms with van der Waals surface area (Å²) in [4.78, 5) is 11.1. The van der Waals surface area contributed by atoms with Crippen LogP contribution in [0, 0.1) is 5.92 Å². The van der Waals surface area contributed by atoms with Crippen molar-refractivity contribution in [3.63, 3.8) is 0 Å². The molecule has 0 spiro atoms. The van der Waals surface area contributed by atoms with Gasteiger partial charge in [-0.25, -0.2) is 0 Å². The molecule has 0 aromatic carbocycles. The van der Waals surface area contributed by atoms with Crippen molar-refractivity contribution >= 4 is 5.97 Å². The number of rotatable bonds is 2. The second-order valence-corrected chi connectivity index (χ2v) is 4.61. The fourth-order valence-corrected chi connectivity index (χ4v) is 2.59. The van der Waals surface area contributed by atoms with E-state index in [-0.39, 0.29) is 6.10 Å². The summed E-state index contributed by atoms with van der Waals surface area (Å²) < 4.78 is 5.37. The van der Waals surface area contributed by atoms with E-state index in [0.29, 0.717) is 18.8 Å². The average Bonchev–Trinajstić information content (AvgIpc) is 2.27. The third-order valence-corrected chi connectivity index (χ3v) is 3.60. The van der Waals surface area contributed by atoms with Crippen molar-refractivity contribution in [1.82, 2.24) is 0 Å². The van der Waals surface area contributed by atoms with Crippen LogP contribution in [0.1, 0.15) is 19.3 Å². The van der Waals surface area contributed by atoms with Crippen LogP contribution in [-0.4, -0.2) is 29.8 Å². The summed E-state index contributed by atoms with van der Waals surface area (Å²) >= 11 is 0. The van der Waals surface area contributed by atoms with E-state index in [0.717, 1.165) is 12.0 Å². The molecule has 0 bridgehead atoms. The highest BCUT2D eigenvalue weighted by atomic mass is 16.5. The predicted octanol–water partition coefficient (Wildman–Crippen LogP) is 1.08. The number of nitrogens with two attached hydrogens (primary N) is 1. The molecule has 3 atom stereocenters. The summed E-state index contributed by atoms with van der Waals surface area (Å²) in [6.45, 7) is 0. The van der Waals surface area contributed by atoms with Crippen molar-refractivity contribution in [3.05, 3.63) is 23.8 Å². The Hall–Kier alpha value is -1.13. The zero-order valence-corrected chi connectivity index (χ0v) is 9.35. The van der Waals surface area contributed by atoms with Gasteiger partial charge in [0.05, 0.1) is 6.10 Å². The number of methoxy groups -OCH3 is 1. The molecule has 16 heavy (non-hydrogen) atoms. The van der Waals surface area contributed by atoms with Gasteiger partial charge in [0, 0.05) is 13.0 Å². The summed E-state index contributed by atoms with van der Waals surface area (Å²) in [7, 11) is 1.68. The number of carbonyl (C=O) groups is 1. The maximum absolute atomic E-state index is 11.1. The first-order chi connectivity index (χ1) is 7.57. The Morgan fingerprint density at radius 1 is 1.69 bits per heavy atom. The van der Waals surface area contributed by atoms with Crippen molar-refractivity contribution in [3.8, 4) is 0 Å². The van der Waals surface area contributed by atoms with Gasteiger partial charge in [-0.15, -0.1) is 0 Å². The molecule has 1 fully saturated rings. The molecule has 0 aliphatic heterocycles. The van der Waals surface area contributed by atoms with Crippen molar-refractivity contribution in [2.75, 3.05) is 7.11 Å². The Bertz CT molecular complexity index is 361. The highest BCUT2D eigenvalue weighted by Gasteiger charge is 2.42. The smallest absolute Gasteiger partial charge is 0.324 e. The van der Waals surface area contributed by atoms with Crippen LogP contribution in [0.2, 0.25) is 0 Å². The Labute approximate surface area is 94.8 Å². The van der Waals surface area contributed by atoms with Crippen molar-refractivity contribution < 1.29 is 14.6 Å². The Balaban J connectivity index is 2.20. The zero-order chi connectivity index (χ0) is 11.8. The molecule has 1 saturated carbocycles. The molecule has 0 aromatic heterocycles. The first-order valence-electron chi connectivity index (χ1n) is 5.49. The summed E-state index contributed by atoms with van der Waals surface area (Å²) in [5.41, 5.74) is 5.90. The largest absolute Gasteiger partial charge is 0.480 e. The summed E-state index contributed by atoms with van der Waals surface area (Å²) in [5, 5.41) is 9.11. The van der Waals surface area contributed by atoms with Gasteiger partial charge in [0.25, 0.3) is 0 Å². The number of aliphatic carboxylic acids is 1. The van der Waals surface area contributed by atoms with Gasteiger partial charge in [-0.1, -0.05) is 23.8 Å². The third kappa shape index (κ3) is 1.79. The number of hydrogen-bond acceptors (Lipinski definition) is 3. The van der Waals surface area contributed by atoms with Crippen LogP contribution in [-0.2, 0) is 9.53 Å². The molecule has 4 heteroatoms. The monoisotopic (exact) mass is 223 g/mol. The number of hydrogen-bond donors (Lipinski definition) is 2. The Morgan fingerprint density at radius 2 is 2.44 bits per heavy atom. The minimum Gasteiger partial charge on any atom is -0.480 e. The quantitative estimate of drug-likeness (QED) is 0.734. The van der Waals surface area contributed by atoms with E-state index in [2.05, 4.69) is 0 Å². The lowest BCUT2D eigenvalue weighted by molar-refractivity contribution is -0.144. The SMILES string of the molecule is COC1C=CC=C2CC(N)(C(=O)O)CCC21. The lowest BCUT2D eigenvalue weighted by Crippen LogP contribution is -2.52. The van der Waals surface area contributed by atoms with Crippen LogP contribution in [0.3, 0.4) is 0 Å². The van der Waals surface area contributed by atoms with Crippen LogP contribution in [0.5, 0.6) is 0 Å². The lowest BCUT2D eigenvalue weighted by atomic mass is 9.70. The van der Waals surface area contributed by atoms with Crippen molar-refractivity contribution in [2.24, 2.45) is 11.7 Å². The second-order valence-electron chi connectivity index (χ2n) is 4.61. The molecule has 2 rings (SSSR count). The van der Waals surface area contributed by atoms with Gasteiger partial charge < -0.3 is 15.6 Å². The molecule has 0 heterocycles. The lowest BCUT2D eigenvalue weighted by Gasteiger charge is -2.39. The molecule has 88 valence electrons. The highest BCUT2D eigenvalue weighted by molar-refractivity contribution is 5.79. The fraction of sp³-hybridized carbons (Fsp3) is 0.583. The molecule has 0 radical (unpaired) electrons. The standard InChI is InChI=1S/C12H17NO3/c1-16-10-4-2-3-8-7-12(13,11(14)15)6-5-9(8)10/h2-4,9-10H,5-7,13H2,1H3,(H,14,15). The molecule has 4 nitrogen and oxygen atoms in total. The van der Waals surface area contributed by atoms with Crippen LogP contribution in [0.4, 0.5) is 0 Å². The van der Waals surface area contributed by atoms with Gasteiger partial charge in [-0.3, -0.25) is 4.79 Å². The Morgan fingerprint density at radius 3 is 3.06 bits per heavy atom.